The van der Waals surface area contributed by atoms with Crippen molar-refractivity contribution in [2.75, 3.05) is 26.2 Å². The number of nitrogens with zero attached hydrogens (tertiary/aromatic N) is 2. The van der Waals surface area contributed by atoms with Gasteiger partial charge in [-0.1, -0.05) is 0 Å². The van der Waals surface area contributed by atoms with Crippen LogP contribution in [0.4, 0.5) is 4.79 Å². The first kappa shape index (κ1) is 18.2. The summed E-state index contributed by atoms with van der Waals surface area (Å²) >= 11 is 0. The Morgan fingerprint density at radius 3 is 2.09 bits per heavy atom. The Balaban J connectivity index is 2.37. The van der Waals surface area contributed by atoms with E-state index in [2.05, 4.69) is 0 Å². The molecule has 0 aromatic rings. The van der Waals surface area contributed by atoms with Crippen molar-refractivity contribution in [2.45, 2.75) is 45.3 Å². The minimum absolute atomic E-state index is 0.0826. The molecule has 0 aromatic carbocycles. The molecular formula is C14H25N3O5. The molecule has 0 aliphatic carbocycles. The largest absolute Gasteiger partial charge is 0.465 e. The van der Waals surface area contributed by atoms with Crippen LogP contribution in [0.15, 0.2) is 0 Å². The number of hydrogen-bond acceptors (Lipinski definition) is 5. The number of esters is 1. The highest BCUT2D eigenvalue weighted by Gasteiger charge is 2.27. The van der Waals surface area contributed by atoms with Crippen molar-refractivity contribution in [3.05, 3.63) is 0 Å². The molecule has 8 heteroatoms. The SMILES string of the molecule is CC(C)(C)OC(=O)CC[C@H](N)C(=O)N1CCN(C(=O)O)CC1. The van der Waals surface area contributed by atoms with E-state index in [1.54, 1.807) is 25.7 Å². The van der Waals surface area contributed by atoms with Gasteiger partial charge in [-0.25, -0.2) is 4.79 Å². The minimum atomic E-state index is -0.985. The topological polar surface area (TPSA) is 113 Å². The van der Waals surface area contributed by atoms with Crippen LogP contribution in [0.5, 0.6) is 0 Å². The second kappa shape index (κ2) is 7.44. The Labute approximate surface area is 130 Å². The average molecular weight is 315 g/mol. The second-order valence-corrected chi connectivity index (χ2v) is 6.33. The fourth-order valence-corrected chi connectivity index (χ4v) is 2.14. The Morgan fingerprint density at radius 2 is 1.64 bits per heavy atom. The Bertz CT molecular complexity index is 425. The maximum Gasteiger partial charge on any atom is 0.407 e. The van der Waals surface area contributed by atoms with E-state index in [0.29, 0.717) is 13.1 Å². The van der Waals surface area contributed by atoms with E-state index >= 15 is 0 Å². The van der Waals surface area contributed by atoms with E-state index in [-0.39, 0.29) is 37.8 Å². The summed E-state index contributed by atoms with van der Waals surface area (Å²) in [5.41, 5.74) is 5.27. The number of piperazine rings is 1. The van der Waals surface area contributed by atoms with Gasteiger partial charge in [0.25, 0.3) is 0 Å². The van der Waals surface area contributed by atoms with Crippen molar-refractivity contribution in [3.63, 3.8) is 0 Å². The first-order valence-electron chi connectivity index (χ1n) is 7.34. The van der Waals surface area contributed by atoms with Gasteiger partial charge in [-0.15, -0.1) is 0 Å². The quantitative estimate of drug-likeness (QED) is 0.719. The number of carbonyl (C=O) groups excluding carboxylic acids is 2. The highest BCUT2D eigenvalue weighted by molar-refractivity contribution is 5.82. The first-order valence-corrected chi connectivity index (χ1v) is 7.34. The molecule has 1 saturated heterocycles. The zero-order valence-electron chi connectivity index (χ0n) is 13.4. The monoisotopic (exact) mass is 315 g/mol. The normalized spacial score (nSPS) is 17.1. The molecule has 3 N–H and O–H groups in total. The van der Waals surface area contributed by atoms with Crippen LogP contribution in [0, 0.1) is 0 Å². The predicted octanol–water partition coefficient (Wildman–Crippen LogP) is 0.258. The van der Waals surface area contributed by atoms with Crippen LogP contribution in [0.3, 0.4) is 0 Å². The average Bonchev–Trinajstić information content (AvgIpc) is 2.42. The lowest BCUT2D eigenvalue weighted by atomic mass is 10.1. The molecule has 0 unspecified atom stereocenters. The molecule has 22 heavy (non-hydrogen) atoms. The van der Waals surface area contributed by atoms with Gasteiger partial charge in [-0.2, -0.15) is 0 Å². The Hall–Kier alpha value is -1.83. The van der Waals surface area contributed by atoms with Crippen LogP contribution < -0.4 is 5.73 Å². The fraction of sp³-hybridized carbons (Fsp3) is 0.786. The molecule has 0 radical (unpaired) electrons. The maximum absolute atomic E-state index is 12.2. The molecule has 1 rings (SSSR count). The van der Waals surface area contributed by atoms with Crippen LogP contribution in [0.1, 0.15) is 33.6 Å². The van der Waals surface area contributed by atoms with Crippen molar-refractivity contribution in [3.8, 4) is 0 Å². The van der Waals surface area contributed by atoms with Crippen LogP contribution in [0.2, 0.25) is 0 Å². The summed E-state index contributed by atoms with van der Waals surface area (Å²) in [7, 11) is 0. The second-order valence-electron chi connectivity index (χ2n) is 6.33. The lowest BCUT2D eigenvalue weighted by molar-refractivity contribution is -0.155. The van der Waals surface area contributed by atoms with Gasteiger partial charge < -0.3 is 25.4 Å². The zero-order chi connectivity index (χ0) is 16.9. The van der Waals surface area contributed by atoms with Gasteiger partial charge in [-0.05, 0) is 27.2 Å². The maximum atomic E-state index is 12.2. The summed E-state index contributed by atoms with van der Waals surface area (Å²) < 4.78 is 5.16. The molecule has 1 atom stereocenters. The molecule has 126 valence electrons. The Kier molecular flexibility index (Phi) is 6.16. The van der Waals surface area contributed by atoms with E-state index in [4.69, 9.17) is 15.6 Å². The highest BCUT2D eigenvalue weighted by atomic mass is 16.6. The lowest BCUT2D eigenvalue weighted by Gasteiger charge is -2.34. The molecule has 2 amide bonds. The third kappa shape index (κ3) is 5.88. The van der Waals surface area contributed by atoms with Crippen LogP contribution >= 0.6 is 0 Å². The number of rotatable bonds is 4. The molecule has 1 aliphatic rings. The van der Waals surface area contributed by atoms with Gasteiger partial charge in [-0.3, -0.25) is 9.59 Å². The third-order valence-corrected chi connectivity index (χ3v) is 3.26. The van der Waals surface area contributed by atoms with Gasteiger partial charge in [0.1, 0.15) is 5.60 Å². The van der Waals surface area contributed by atoms with E-state index in [0.717, 1.165) is 0 Å². The summed E-state index contributed by atoms with van der Waals surface area (Å²) in [6.45, 7) is 6.53. The van der Waals surface area contributed by atoms with E-state index < -0.39 is 17.7 Å². The van der Waals surface area contributed by atoms with Crippen LogP contribution in [-0.4, -0.2) is 70.7 Å². The molecular weight excluding hydrogens is 290 g/mol. The summed E-state index contributed by atoms with van der Waals surface area (Å²) in [4.78, 5) is 37.4. The minimum Gasteiger partial charge on any atom is -0.465 e. The van der Waals surface area contributed by atoms with Gasteiger partial charge in [0.05, 0.1) is 6.04 Å². The first-order chi connectivity index (χ1) is 10.1. The predicted molar refractivity (Wildman–Crippen MR) is 79.2 cm³/mol. The van der Waals surface area contributed by atoms with E-state index in [1.165, 1.54) is 4.90 Å². The van der Waals surface area contributed by atoms with Gasteiger partial charge in [0, 0.05) is 32.6 Å². The number of ether oxygens (including phenoxy) is 1. The molecule has 0 saturated carbocycles. The van der Waals surface area contributed by atoms with Gasteiger partial charge in [0.2, 0.25) is 5.91 Å². The highest BCUT2D eigenvalue weighted by Crippen LogP contribution is 2.11. The number of nitrogens with two attached hydrogens (primary N) is 1. The van der Waals surface area contributed by atoms with Crippen LogP contribution in [0.25, 0.3) is 0 Å². The molecule has 8 nitrogen and oxygen atoms in total. The lowest BCUT2D eigenvalue weighted by Crippen LogP contribution is -2.54. The fourth-order valence-electron chi connectivity index (χ4n) is 2.14. The smallest absolute Gasteiger partial charge is 0.407 e. The number of carboxylic acid groups (broad SMARTS) is 1. The van der Waals surface area contributed by atoms with E-state index in [9.17, 15) is 14.4 Å². The van der Waals surface area contributed by atoms with Gasteiger partial charge >= 0.3 is 12.1 Å². The third-order valence-electron chi connectivity index (χ3n) is 3.26. The zero-order valence-corrected chi connectivity index (χ0v) is 13.4. The summed E-state index contributed by atoms with van der Waals surface area (Å²) in [6.07, 6.45) is -0.687. The van der Waals surface area contributed by atoms with Crippen molar-refractivity contribution < 1.29 is 24.2 Å². The molecule has 0 spiro atoms. The number of carbonyl (C=O) groups is 3. The molecule has 1 fully saturated rings. The Morgan fingerprint density at radius 1 is 1.14 bits per heavy atom. The molecule has 1 aliphatic heterocycles. The van der Waals surface area contributed by atoms with Crippen molar-refractivity contribution in [1.29, 1.82) is 0 Å². The number of amides is 2. The van der Waals surface area contributed by atoms with Crippen molar-refractivity contribution in [2.24, 2.45) is 5.73 Å². The summed E-state index contributed by atoms with van der Waals surface area (Å²) in [5.74, 6) is -0.639. The summed E-state index contributed by atoms with van der Waals surface area (Å²) in [5, 5.41) is 8.86. The standard InChI is InChI=1S/C14H25N3O5/c1-14(2,3)22-11(18)5-4-10(15)12(19)16-6-8-17(9-7-16)13(20)21/h10H,4-9,15H2,1-3H3,(H,20,21)/t10-/m0/s1. The van der Waals surface area contributed by atoms with Gasteiger partial charge in [0.15, 0.2) is 0 Å². The number of hydrogen-bond donors (Lipinski definition) is 2. The molecule has 1 heterocycles. The van der Waals surface area contributed by atoms with Crippen molar-refractivity contribution >= 4 is 18.0 Å². The van der Waals surface area contributed by atoms with E-state index in [1.807, 2.05) is 0 Å². The van der Waals surface area contributed by atoms with Crippen LogP contribution in [-0.2, 0) is 14.3 Å². The molecule has 0 bridgehead atoms. The summed E-state index contributed by atoms with van der Waals surface area (Å²) in [6, 6.07) is -0.774. The van der Waals surface area contributed by atoms with Crippen molar-refractivity contribution in [1.82, 2.24) is 9.80 Å². The molecule has 0 aromatic heterocycles.